The van der Waals surface area contributed by atoms with Crippen LogP contribution < -0.4 is 0 Å². The molecule has 1 aromatic carbocycles. The molecule has 0 radical (unpaired) electrons. The zero-order chi connectivity index (χ0) is 11.4. The molecule has 0 N–H and O–H groups in total. The molecule has 0 saturated carbocycles. The number of hydrogen-bond donors (Lipinski definition) is 0. The van der Waals surface area contributed by atoms with Crippen LogP contribution in [-0.4, -0.2) is 5.78 Å². The summed E-state index contributed by atoms with van der Waals surface area (Å²) < 4.78 is 0. The van der Waals surface area contributed by atoms with E-state index in [1.807, 2.05) is 6.92 Å². The van der Waals surface area contributed by atoms with E-state index in [9.17, 15) is 4.79 Å². The first kappa shape index (κ1) is 11.2. The molecule has 4 heteroatoms. The van der Waals surface area contributed by atoms with Gasteiger partial charge in [0.1, 0.15) is 0 Å². The highest BCUT2D eigenvalue weighted by Gasteiger charge is 2.21. The monoisotopic (exact) mass is 218 g/mol. The molecule has 0 amide bonds. The molecule has 0 bridgehead atoms. The largest absolute Gasteiger partial charge is 0.291 e. The Morgan fingerprint density at radius 3 is 2.47 bits per heavy atom. The molecule has 0 atom stereocenters. The van der Waals surface area contributed by atoms with Gasteiger partial charge in [-0.25, -0.2) is 0 Å². The van der Waals surface area contributed by atoms with Crippen LogP contribution in [0.15, 0.2) is 18.2 Å². The average Bonchev–Trinajstić information content (AvgIpc) is 2.19. The van der Waals surface area contributed by atoms with E-state index in [1.165, 1.54) is 6.07 Å². The molecule has 15 heavy (non-hydrogen) atoms. The Balaban J connectivity index is 3.14. The van der Waals surface area contributed by atoms with Gasteiger partial charge in [0.15, 0.2) is 11.7 Å². The molecule has 74 valence electrons. The lowest BCUT2D eigenvalue weighted by atomic mass is 9.99. The van der Waals surface area contributed by atoms with Crippen molar-refractivity contribution in [2.45, 2.75) is 6.92 Å². The number of rotatable bonds is 2. The topological polar surface area (TPSA) is 64.7 Å². The zero-order valence-corrected chi connectivity index (χ0v) is 8.75. The lowest BCUT2D eigenvalue weighted by Crippen LogP contribution is -2.11. The number of halogens is 1. The highest BCUT2D eigenvalue weighted by atomic mass is 35.5. The third-order valence-corrected chi connectivity index (χ3v) is 2.22. The maximum atomic E-state index is 11.6. The van der Waals surface area contributed by atoms with Crippen molar-refractivity contribution in [3.63, 3.8) is 0 Å². The maximum absolute atomic E-state index is 11.6. The van der Waals surface area contributed by atoms with E-state index in [0.29, 0.717) is 0 Å². The number of nitrogens with zero attached hydrogens (tertiary/aromatic N) is 2. The van der Waals surface area contributed by atoms with E-state index in [0.717, 1.165) is 5.56 Å². The van der Waals surface area contributed by atoms with Crippen LogP contribution in [0.25, 0.3) is 0 Å². The van der Waals surface area contributed by atoms with Gasteiger partial charge in [0.05, 0.1) is 17.2 Å². The Morgan fingerprint density at radius 2 is 2.00 bits per heavy atom. The molecule has 0 saturated heterocycles. The fourth-order valence-electron chi connectivity index (χ4n) is 1.12. The SMILES string of the molecule is Cc1ccc(C(=O)C(C#N)C#N)c(Cl)c1. The minimum atomic E-state index is -1.29. The van der Waals surface area contributed by atoms with Crippen LogP contribution >= 0.6 is 11.6 Å². The van der Waals surface area contributed by atoms with Crippen LogP contribution in [0.2, 0.25) is 5.02 Å². The van der Waals surface area contributed by atoms with Crippen molar-refractivity contribution in [3.8, 4) is 12.1 Å². The summed E-state index contributed by atoms with van der Waals surface area (Å²) in [6.45, 7) is 1.84. The molecule has 1 aromatic rings. The van der Waals surface area contributed by atoms with Crippen molar-refractivity contribution in [1.29, 1.82) is 10.5 Å². The van der Waals surface area contributed by atoms with Gasteiger partial charge >= 0.3 is 0 Å². The standard InChI is InChI=1S/C11H7ClN2O/c1-7-2-3-9(10(12)4-7)11(15)8(5-13)6-14/h2-4,8H,1H3. The average molecular weight is 219 g/mol. The third kappa shape index (κ3) is 2.34. The summed E-state index contributed by atoms with van der Waals surface area (Å²) in [4.78, 5) is 11.6. The first-order valence-corrected chi connectivity index (χ1v) is 4.57. The van der Waals surface area contributed by atoms with Crippen LogP contribution in [-0.2, 0) is 0 Å². The number of hydrogen-bond acceptors (Lipinski definition) is 3. The second-order valence-corrected chi connectivity index (χ2v) is 3.45. The van der Waals surface area contributed by atoms with Crippen LogP contribution in [0.5, 0.6) is 0 Å². The van der Waals surface area contributed by atoms with Crippen molar-refractivity contribution in [3.05, 3.63) is 34.3 Å². The molecule has 0 spiro atoms. The first-order valence-electron chi connectivity index (χ1n) is 4.19. The fraction of sp³-hybridized carbons (Fsp3) is 0.182. The summed E-state index contributed by atoms with van der Waals surface area (Å²) in [7, 11) is 0. The van der Waals surface area contributed by atoms with Gasteiger partial charge in [0.25, 0.3) is 0 Å². The number of nitriles is 2. The summed E-state index contributed by atoms with van der Waals surface area (Å²) in [6, 6.07) is 8.11. The maximum Gasteiger partial charge on any atom is 0.195 e. The fourth-order valence-corrected chi connectivity index (χ4v) is 1.45. The molecular weight excluding hydrogens is 212 g/mol. The second-order valence-electron chi connectivity index (χ2n) is 3.04. The number of ketones is 1. The van der Waals surface area contributed by atoms with Gasteiger partial charge in [-0.15, -0.1) is 0 Å². The van der Waals surface area contributed by atoms with Crippen molar-refractivity contribution in [2.75, 3.05) is 0 Å². The molecule has 0 heterocycles. The van der Waals surface area contributed by atoms with Crippen LogP contribution in [0.1, 0.15) is 15.9 Å². The Labute approximate surface area is 92.5 Å². The molecule has 0 aliphatic heterocycles. The smallest absolute Gasteiger partial charge is 0.195 e. The number of carbonyl (C=O) groups excluding carboxylic acids is 1. The first-order chi connectivity index (χ1) is 7.10. The van der Waals surface area contributed by atoms with E-state index in [4.69, 9.17) is 22.1 Å². The predicted molar refractivity (Wildman–Crippen MR) is 55.2 cm³/mol. The van der Waals surface area contributed by atoms with E-state index >= 15 is 0 Å². The summed E-state index contributed by atoms with van der Waals surface area (Å²) in [5, 5.41) is 17.4. The van der Waals surface area contributed by atoms with Gasteiger partial charge in [-0.05, 0) is 24.6 Å². The Morgan fingerprint density at radius 1 is 1.40 bits per heavy atom. The summed E-state index contributed by atoms with van der Waals surface area (Å²) in [5.41, 5.74) is 1.14. The normalized spacial score (nSPS) is 9.40. The molecule has 0 aliphatic carbocycles. The van der Waals surface area contributed by atoms with E-state index in [1.54, 1.807) is 24.3 Å². The van der Waals surface area contributed by atoms with E-state index < -0.39 is 11.7 Å². The van der Waals surface area contributed by atoms with Crippen molar-refractivity contribution in [2.24, 2.45) is 5.92 Å². The van der Waals surface area contributed by atoms with Crippen molar-refractivity contribution >= 4 is 17.4 Å². The van der Waals surface area contributed by atoms with Crippen molar-refractivity contribution in [1.82, 2.24) is 0 Å². The van der Waals surface area contributed by atoms with E-state index in [2.05, 4.69) is 0 Å². The summed E-state index contributed by atoms with van der Waals surface area (Å²) in [6.07, 6.45) is 0. The van der Waals surface area contributed by atoms with Crippen molar-refractivity contribution < 1.29 is 4.79 Å². The number of aryl methyl sites for hydroxylation is 1. The van der Waals surface area contributed by atoms with Gasteiger partial charge in [-0.2, -0.15) is 10.5 Å². The number of Topliss-reactive ketones (excluding diaryl/α,β-unsaturated/α-hetero) is 1. The molecule has 1 rings (SSSR count). The molecule has 0 unspecified atom stereocenters. The van der Waals surface area contributed by atoms with Crippen LogP contribution in [0.3, 0.4) is 0 Å². The molecule has 0 fully saturated rings. The Hall–Kier alpha value is -1.84. The number of carbonyl (C=O) groups is 1. The Kier molecular flexibility index (Phi) is 3.44. The van der Waals surface area contributed by atoms with Crippen LogP contribution in [0.4, 0.5) is 0 Å². The molecular formula is C11H7ClN2O. The van der Waals surface area contributed by atoms with Crippen LogP contribution in [0, 0.1) is 35.5 Å². The number of benzene rings is 1. The minimum absolute atomic E-state index is 0.218. The zero-order valence-electron chi connectivity index (χ0n) is 7.99. The highest BCUT2D eigenvalue weighted by Crippen LogP contribution is 2.20. The summed E-state index contributed by atoms with van der Waals surface area (Å²) in [5.74, 6) is -1.84. The third-order valence-electron chi connectivity index (χ3n) is 1.91. The van der Waals surface area contributed by atoms with Gasteiger partial charge in [-0.1, -0.05) is 17.7 Å². The molecule has 0 aliphatic rings. The van der Waals surface area contributed by atoms with Gasteiger partial charge in [-0.3, -0.25) is 4.79 Å². The van der Waals surface area contributed by atoms with E-state index in [-0.39, 0.29) is 10.6 Å². The lowest BCUT2D eigenvalue weighted by molar-refractivity contribution is 0.0971. The highest BCUT2D eigenvalue weighted by molar-refractivity contribution is 6.34. The lowest BCUT2D eigenvalue weighted by Gasteiger charge is -2.03. The predicted octanol–water partition coefficient (Wildman–Crippen LogP) is 2.49. The molecule has 3 nitrogen and oxygen atoms in total. The Bertz CT molecular complexity index is 468. The molecule has 0 aromatic heterocycles. The van der Waals surface area contributed by atoms with Gasteiger partial charge < -0.3 is 0 Å². The van der Waals surface area contributed by atoms with Gasteiger partial charge in [0, 0.05) is 5.56 Å². The minimum Gasteiger partial charge on any atom is -0.291 e. The summed E-state index contributed by atoms with van der Waals surface area (Å²) >= 11 is 5.84. The second kappa shape index (κ2) is 4.59. The van der Waals surface area contributed by atoms with Gasteiger partial charge in [0.2, 0.25) is 0 Å². The quantitative estimate of drug-likeness (QED) is 0.717.